The SMILES string of the molecule is CCOCOc1c(-c2ncnn2C)oc2cc(C(=O)O)cc(OCc3ccc(F)cc3)c2c1=O. The number of nitrogens with zero attached hydrogens (tertiary/aromatic N) is 3. The molecule has 176 valence electrons. The van der Waals surface area contributed by atoms with Crippen molar-refractivity contribution in [3.63, 3.8) is 0 Å². The van der Waals surface area contributed by atoms with E-state index in [-0.39, 0.29) is 53.0 Å². The molecule has 0 fully saturated rings. The molecule has 10 nitrogen and oxygen atoms in total. The van der Waals surface area contributed by atoms with Crippen molar-refractivity contribution in [3.05, 3.63) is 69.9 Å². The molecule has 0 amide bonds. The summed E-state index contributed by atoms with van der Waals surface area (Å²) < 4.78 is 37.1. The van der Waals surface area contributed by atoms with Crippen LogP contribution in [0.15, 0.2) is 51.9 Å². The summed E-state index contributed by atoms with van der Waals surface area (Å²) >= 11 is 0. The molecule has 11 heteroatoms. The lowest BCUT2D eigenvalue weighted by atomic mass is 10.1. The zero-order chi connectivity index (χ0) is 24.2. The molecule has 2 heterocycles. The first kappa shape index (κ1) is 22.9. The average Bonchev–Trinajstić information content (AvgIpc) is 3.25. The lowest BCUT2D eigenvalue weighted by Gasteiger charge is -2.14. The van der Waals surface area contributed by atoms with Crippen molar-refractivity contribution in [1.29, 1.82) is 0 Å². The number of aromatic carboxylic acids is 1. The number of ether oxygens (including phenoxy) is 3. The second-order valence-corrected chi connectivity index (χ2v) is 7.12. The van der Waals surface area contributed by atoms with Crippen LogP contribution in [-0.2, 0) is 18.4 Å². The molecule has 0 unspecified atom stereocenters. The number of hydrogen-bond acceptors (Lipinski definition) is 8. The van der Waals surface area contributed by atoms with Crippen molar-refractivity contribution in [2.75, 3.05) is 13.4 Å². The number of hydrogen-bond donors (Lipinski definition) is 1. The zero-order valence-electron chi connectivity index (χ0n) is 18.3. The Morgan fingerprint density at radius 1 is 1.21 bits per heavy atom. The van der Waals surface area contributed by atoms with Gasteiger partial charge >= 0.3 is 5.97 Å². The van der Waals surface area contributed by atoms with Crippen LogP contribution in [0.2, 0.25) is 0 Å². The van der Waals surface area contributed by atoms with E-state index in [0.29, 0.717) is 12.2 Å². The Kier molecular flexibility index (Phi) is 6.55. The Morgan fingerprint density at radius 3 is 2.62 bits per heavy atom. The molecule has 0 aliphatic heterocycles. The monoisotopic (exact) mass is 469 g/mol. The van der Waals surface area contributed by atoms with E-state index < -0.39 is 17.2 Å². The number of aromatic nitrogens is 3. The summed E-state index contributed by atoms with van der Waals surface area (Å²) in [5.74, 6) is -1.71. The maximum absolute atomic E-state index is 13.5. The van der Waals surface area contributed by atoms with Gasteiger partial charge in [0.15, 0.2) is 12.6 Å². The quantitative estimate of drug-likeness (QED) is 0.290. The molecule has 1 N–H and O–H groups in total. The molecule has 0 aliphatic rings. The molecule has 4 aromatic rings. The van der Waals surface area contributed by atoms with Crippen LogP contribution >= 0.6 is 0 Å². The normalized spacial score (nSPS) is 11.0. The molecule has 2 aromatic carbocycles. The zero-order valence-corrected chi connectivity index (χ0v) is 18.3. The predicted octanol–water partition coefficient (Wildman–Crippen LogP) is 3.38. The highest BCUT2D eigenvalue weighted by atomic mass is 19.1. The standard InChI is InChI=1S/C23H20FN3O7/c1-3-31-12-33-20-19(28)18-16(32-10-13-4-6-15(24)7-5-13)8-14(23(29)30)9-17(18)34-21(20)22-25-11-26-27(22)2/h4-9,11H,3,10,12H2,1-2H3,(H,29,30). The van der Waals surface area contributed by atoms with Gasteiger partial charge in [0.2, 0.25) is 16.9 Å². The molecule has 0 atom stereocenters. The lowest BCUT2D eigenvalue weighted by molar-refractivity contribution is 0.0212. The summed E-state index contributed by atoms with van der Waals surface area (Å²) in [7, 11) is 1.60. The first-order valence-corrected chi connectivity index (χ1v) is 10.2. The van der Waals surface area contributed by atoms with Gasteiger partial charge in [-0.3, -0.25) is 4.79 Å². The number of rotatable bonds is 9. The highest BCUT2D eigenvalue weighted by Crippen LogP contribution is 2.34. The van der Waals surface area contributed by atoms with Crippen molar-refractivity contribution in [2.45, 2.75) is 13.5 Å². The largest absolute Gasteiger partial charge is 0.488 e. The van der Waals surface area contributed by atoms with Crippen molar-refractivity contribution < 1.29 is 32.9 Å². The van der Waals surface area contributed by atoms with Gasteiger partial charge in [-0.15, -0.1) is 0 Å². The van der Waals surface area contributed by atoms with Gasteiger partial charge in [0.25, 0.3) is 0 Å². The third-order valence-electron chi connectivity index (χ3n) is 4.88. The van der Waals surface area contributed by atoms with Crippen LogP contribution in [-0.4, -0.2) is 39.2 Å². The molecule has 0 aliphatic carbocycles. The molecule has 0 bridgehead atoms. The van der Waals surface area contributed by atoms with Gasteiger partial charge in [0.1, 0.15) is 35.5 Å². The summed E-state index contributed by atoms with van der Waals surface area (Å²) in [6.07, 6.45) is 1.27. The molecular weight excluding hydrogens is 449 g/mol. The van der Waals surface area contributed by atoms with Crippen molar-refractivity contribution >= 4 is 16.9 Å². The van der Waals surface area contributed by atoms with Crippen LogP contribution in [0.3, 0.4) is 0 Å². The first-order valence-electron chi connectivity index (χ1n) is 10.2. The van der Waals surface area contributed by atoms with E-state index in [1.165, 1.54) is 47.4 Å². The number of carboxylic acids is 1. The van der Waals surface area contributed by atoms with Crippen LogP contribution in [0.4, 0.5) is 4.39 Å². The minimum atomic E-state index is -1.24. The van der Waals surface area contributed by atoms with Gasteiger partial charge in [-0.25, -0.2) is 18.9 Å². The van der Waals surface area contributed by atoms with E-state index in [1.807, 2.05) is 0 Å². The van der Waals surface area contributed by atoms with Gasteiger partial charge in [-0.05, 0) is 36.8 Å². The number of carboxylic acid groups (broad SMARTS) is 1. The number of halogens is 1. The average molecular weight is 469 g/mol. The summed E-state index contributed by atoms with van der Waals surface area (Å²) in [5.41, 5.74) is -0.189. The minimum Gasteiger partial charge on any atom is -0.488 e. The molecular formula is C23H20FN3O7. The second kappa shape index (κ2) is 9.71. The number of benzene rings is 2. The third kappa shape index (κ3) is 4.59. The Labute approximate surface area is 192 Å². The van der Waals surface area contributed by atoms with Crippen molar-refractivity contribution in [1.82, 2.24) is 14.8 Å². The van der Waals surface area contributed by atoms with Crippen LogP contribution in [0.1, 0.15) is 22.8 Å². The van der Waals surface area contributed by atoms with E-state index in [1.54, 1.807) is 14.0 Å². The molecule has 0 saturated heterocycles. The summed E-state index contributed by atoms with van der Waals surface area (Å²) in [5, 5.41) is 13.5. The third-order valence-corrected chi connectivity index (χ3v) is 4.88. The Balaban J connectivity index is 1.89. The number of carbonyl (C=O) groups is 1. The maximum Gasteiger partial charge on any atom is 0.335 e. The summed E-state index contributed by atoms with van der Waals surface area (Å²) in [6, 6.07) is 8.01. The van der Waals surface area contributed by atoms with Gasteiger partial charge in [0.05, 0.1) is 5.56 Å². The molecule has 0 spiro atoms. The van der Waals surface area contributed by atoms with Crippen LogP contribution in [0.25, 0.3) is 22.6 Å². The number of fused-ring (bicyclic) bond motifs is 1. The molecule has 4 rings (SSSR count). The Morgan fingerprint density at radius 2 is 1.97 bits per heavy atom. The van der Waals surface area contributed by atoms with E-state index in [2.05, 4.69) is 10.1 Å². The topological polar surface area (TPSA) is 126 Å². The highest BCUT2D eigenvalue weighted by molar-refractivity contribution is 5.96. The van der Waals surface area contributed by atoms with Gasteiger partial charge in [0, 0.05) is 13.7 Å². The fourth-order valence-electron chi connectivity index (χ4n) is 3.21. The van der Waals surface area contributed by atoms with E-state index in [9.17, 15) is 19.1 Å². The summed E-state index contributed by atoms with van der Waals surface area (Å²) in [4.78, 5) is 29.4. The van der Waals surface area contributed by atoms with E-state index in [4.69, 9.17) is 18.6 Å². The van der Waals surface area contributed by atoms with E-state index >= 15 is 0 Å². The summed E-state index contributed by atoms with van der Waals surface area (Å²) in [6.45, 7) is 1.85. The van der Waals surface area contributed by atoms with Crippen LogP contribution < -0.4 is 14.9 Å². The van der Waals surface area contributed by atoms with Gasteiger partial charge < -0.3 is 23.7 Å². The van der Waals surface area contributed by atoms with Crippen LogP contribution in [0.5, 0.6) is 11.5 Å². The lowest BCUT2D eigenvalue weighted by Crippen LogP contribution is -2.15. The minimum absolute atomic E-state index is 0.0236. The molecule has 2 aromatic heterocycles. The smallest absolute Gasteiger partial charge is 0.335 e. The Bertz CT molecular complexity index is 1400. The fourth-order valence-corrected chi connectivity index (χ4v) is 3.21. The van der Waals surface area contributed by atoms with Crippen molar-refractivity contribution in [3.8, 4) is 23.1 Å². The second-order valence-electron chi connectivity index (χ2n) is 7.12. The molecule has 34 heavy (non-hydrogen) atoms. The Hall–Kier alpha value is -4.25. The van der Waals surface area contributed by atoms with Crippen molar-refractivity contribution in [2.24, 2.45) is 7.05 Å². The fraction of sp³-hybridized carbons (Fsp3) is 0.217. The van der Waals surface area contributed by atoms with Gasteiger partial charge in [-0.2, -0.15) is 5.10 Å². The van der Waals surface area contributed by atoms with E-state index in [0.717, 1.165) is 0 Å². The van der Waals surface area contributed by atoms with Gasteiger partial charge in [-0.1, -0.05) is 12.1 Å². The molecule has 0 radical (unpaired) electrons. The number of aryl methyl sites for hydroxylation is 1. The maximum atomic E-state index is 13.5. The highest BCUT2D eigenvalue weighted by Gasteiger charge is 2.25. The van der Waals surface area contributed by atoms with Crippen LogP contribution in [0, 0.1) is 5.82 Å². The first-order chi connectivity index (χ1) is 16.4. The molecule has 0 saturated carbocycles. The predicted molar refractivity (Wildman–Crippen MR) is 117 cm³/mol.